The third-order valence-corrected chi connectivity index (χ3v) is 6.17. The van der Waals surface area contributed by atoms with Crippen molar-refractivity contribution >= 4 is 23.4 Å². The second-order valence-electron chi connectivity index (χ2n) is 7.60. The van der Waals surface area contributed by atoms with Crippen LogP contribution in [0, 0.1) is 17.0 Å². The van der Waals surface area contributed by atoms with Gasteiger partial charge >= 0.3 is 0 Å². The van der Waals surface area contributed by atoms with Crippen LogP contribution < -0.4 is 10.1 Å². The Kier molecular flexibility index (Phi) is 7.74. The Morgan fingerprint density at radius 2 is 1.74 bits per heavy atom. The van der Waals surface area contributed by atoms with Gasteiger partial charge in [-0.1, -0.05) is 54.2 Å². The molecule has 1 N–H and O–H groups in total. The molecule has 0 fully saturated rings. The van der Waals surface area contributed by atoms with Gasteiger partial charge in [-0.2, -0.15) is 0 Å². The van der Waals surface area contributed by atoms with Gasteiger partial charge in [0.1, 0.15) is 5.75 Å². The molecular weight excluding hydrogens is 466 g/mol. The Labute approximate surface area is 206 Å². The minimum Gasteiger partial charge on any atom is -0.484 e. The minimum absolute atomic E-state index is 0.0103. The lowest BCUT2D eigenvalue weighted by atomic mass is 10.1. The Bertz CT molecular complexity index is 1310. The van der Waals surface area contributed by atoms with Gasteiger partial charge in [0.05, 0.1) is 11.5 Å². The molecule has 4 aromatic rings. The van der Waals surface area contributed by atoms with Crippen LogP contribution in [0.3, 0.4) is 0 Å². The number of hydrogen-bond acceptors (Lipinski definition) is 7. The SMILES string of the molecule is Cc1ccccc1CSc1nnc(CNC(=O)COc2ccccc2)n1-c1ccc([N+](=O)[O-])cc1. The molecule has 4 rings (SSSR count). The summed E-state index contributed by atoms with van der Waals surface area (Å²) >= 11 is 1.50. The lowest BCUT2D eigenvalue weighted by molar-refractivity contribution is -0.384. The molecule has 0 bridgehead atoms. The average molecular weight is 490 g/mol. The van der Waals surface area contributed by atoms with Gasteiger partial charge in [0.25, 0.3) is 11.6 Å². The number of hydrogen-bond donors (Lipinski definition) is 1. The summed E-state index contributed by atoms with van der Waals surface area (Å²) in [5.41, 5.74) is 3.00. The zero-order valence-corrected chi connectivity index (χ0v) is 19.8. The number of benzene rings is 3. The summed E-state index contributed by atoms with van der Waals surface area (Å²) in [5.74, 6) is 1.47. The third-order valence-electron chi connectivity index (χ3n) is 5.19. The molecule has 35 heavy (non-hydrogen) atoms. The number of thioether (sulfide) groups is 1. The highest BCUT2D eigenvalue weighted by molar-refractivity contribution is 7.98. The van der Waals surface area contributed by atoms with Gasteiger partial charge in [-0.15, -0.1) is 10.2 Å². The van der Waals surface area contributed by atoms with Crippen LogP contribution in [0.4, 0.5) is 5.69 Å². The van der Waals surface area contributed by atoms with E-state index in [1.807, 2.05) is 30.3 Å². The number of nitrogens with one attached hydrogen (secondary N) is 1. The summed E-state index contributed by atoms with van der Waals surface area (Å²) in [6.07, 6.45) is 0. The van der Waals surface area contributed by atoms with Gasteiger partial charge in [0, 0.05) is 23.6 Å². The number of nitro groups is 1. The van der Waals surface area contributed by atoms with E-state index in [-0.39, 0.29) is 24.7 Å². The molecule has 178 valence electrons. The van der Waals surface area contributed by atoms with Crippen LogP contribution in [0.25, 0.3) is 5.69 Å². The number of aromatic nitrogens is 3. The minimum atomic E-state index is -0.447. The smallest absolute Gasteiger partial charge is 0.269 e. The van der Waals surface area contributed by atoms with Crippen molar-refractivity contribution in [2.45, 2.75) is 24.4 Å². The fourth-order valence-corrected chi connectivity index (χ4v) is 4.35. The van der Waals surface area contributed by atoms with Gasteiger partial charge in [-0.3, -0.25) is 19.5 Å². The molecule has 0 unspecified atom stereocenters. The number of non-ortho nitro benzene ring substituents is 1. The number of nitro benzene ring substituents is 1. The van der Waals surface area contributed by atoms with E-state index in [4.69, 9.17) is 4.74 Å². The van der Waals surface area contributed by atoms with Gasteiger partial charge < -0.3 is 10.1 Å². The van der Waals surface area contributed by atoms with Crippen LogP contribution in [0.1, 0.15) is 17.0 Å². The van der Waals surface area contributed by atoms with Crippen LogP contribution in [-0.4, -0.2) is 32.2 Å². The first-order valence-electron chi connectivity index (χ1n) is 10.8. The van der Waals surface area contributed by atoms with Gasteiger partial charge in [-0.25, -0.2) is 0 Å². The van der Waals surface area contributed by atoms with E-state index in [9.17, 15) is 14.9 Å². The molecule has 1 amide bonds. The molecule has 0 aliphatic rings. The van der Waals surface area contributed by atoms with Crippen molar-refractivity contribution in [2.24, 2.45) is 0 Å². The number of para-hydroxylation sites is 1. The van der Waals surface area contributed by atoms with E-state index < -0.39 is 4.92 Å². The molecule has 3 aromatic carbocycles. The van der Waals surface area contributed by atoms with E-state index in [2.05, 4.69) is 34.6 Å². The van der Waals surface area contributed by atoms with Gasteiger partial charge in [0.15, 0.2) is 17.6 Å². The number of rotatable bonds is 10. The van der Waals surface area contributed by atoms with Crippen LogP contribution >= 0.6 is 11.8 Å². The molecule has 0 aliphatic heterocycles. The topological polar surface area (TPSA) is 112 Å². The molecule has 9 nitrogen and oxygen atoms in total. The zero-order valence-electron chi connectivity index (χ0n) is 19.0. The van der Waals surface area contributed by atoms with E-state index in [1.54, 1.807) is 28.8 Å². The first kappa shape index (κ1) is 24.0. The number of carbonyl (C=O) groups excluding carboxylic acids is 1. The van der Waals surface area contributed by atoms with Crippen LogP contribution in [0.5, 0.6) is 5.75 Å². The highest BCUT2D eigenvalue weighted by atomic mass is 32.2. The Morgan fingerprint density at radius 1 is 1.03 bits per heavy atom. The predicted molar refractivity (Wildman–Crippen MR) is 133 cm³/mol. The number of aryl methyl sites for hydroxylation is 1. The molecule has 0 saturated heterocycles. The third kappa shape index (κ3) is 6.24. The highest BCUT2D eigenvalue weighted by Gasteiger charge is 2.17. The maximum absolute atomic E-state index is 12.3. The lowest BCUT2D eigenvalue weighted by Gasteiger charge is -2.12. The van der Waals surface area contributed by atoms with Crippen LogP contribution in [0.2, 0.25) is 0 Å². The summed E-state index contributed by atoms with van der Waals surface area (Å²) in [7, 11) is 0. The van der Waals surface area contributed by atoms with E-state index in [0.717, 1.165) is 0 Å². The average Bonchev–Trinajstić information content (AvgIpc) is 3.29. The fraction of sp³-hybridized carbons (Fsp3) is 0.160. The standard InChI is InChI=1S/C25H23N5O4S/c1-18-7-5-6-8-19(18)17-35-25-28-27-23(29(25)20-11-13-21(14-12-20)30(32)33)15-26-24(31)16-34-22-9-3-2-4-10-22/h2-14H,15-17H2,1H3,(H,26,31). The Morgan fingerprint density at radius 3 is 2.46 bits per heavy atom. The molecule has 1 aromatic heterocycles. The van der Waals surface area contributed by atoms with E-state index >= 15 is 0 Å². The van der Waals surface area contributed by atoms with Crippen molar-refractivity contribution in [3.8, 4) is 11.4 Å². The molecule has 10 heteroatoms. The van der Waals surface area contributed by atoms with Crippen molar-refractivity contribution in [1.82, 2.24) is 20.1 Å². The Hall–Kier alpha value is -4.18. The summed E-state index contributed by atoms with van der Waals surface area (Å²) < 4.78 is 7.28. The quantitative estimate of drug-likeness (QED) is 0.199. The Balaban J connectivity index is 1.51. The van der Waals surface area contributed by atoms with Crippen molar-refractivity contribution < 1.29 is 14.5 Å². The largest absolute Gasteiger partial charge is 0.484 e. The van der Waals surface area contributed by atoms with E-state index in [0.29, 0.717) is 28.2 Å². The molecule has 0 saturated carbocycles. The highest BCUT2D eigenvalue weighted by Crippen LogP contribution is 2.27. The van der Waals surface area contributed by atoms with E-state index in [1.165, 1.54) is 35.0 Å². The van der Waals surface area contributed by atoms with Crippen molar-refractivity contribution in [3.05, 3.63) is 106 Å². The van der Waals surface area contributed by atoms with Crippen molar-refractivity contribution in [3.63, 3.8) is 0 Å². The molecule has 0 atom stereocenters. The normalized spacial score (nSPS) is 10.7. The maximum Gasteiger partial charge on any atom is 0.269 e. The molecular formula is C25H23N5O4S. The fourth-order valence-electron chi connectivity index (χ4n) is 3.30. The summed E-state index contributed by atoms with van der Waals surface area (Å²) in [4.78, 5) is 23.0. The summed E-state index contributed by atoms with van der Waals surface area (Å²) in [5, 5.41) is 23.1. The zero-order chi connectivity index (χ0) is 24.6. The van der Waals surface area contributed by atoms with Crippen molar-refractivity contribution in [2.75, 3.05) is 6.61 Å². The van der Waals surface area contributed by atoms with Gasteiger partial charge in [-0.05, 0) is 42.3 Å². The first-order chi connectivity index (χ1) is 17.0. The monoisotopic (exact) mass is 489 g/mol. The first-order valence-corrected chi connectivity index (χ1v) is 11.8. The molecule has 0 aliphatic carbocycles. The molecule has 0 radical (unpaired) electrons. The van der Waals surface area contributed by atoms with Crippen LogP contribution in [-0.2, 0) is 17.1 Å². The summed E-state index contributed by atoms with van der Waals surface area (Å²) in [6, 6.07) is 23.3. The predicted octanol–water partition coefficient (Wildman–Crippen LogP) is 4.47. The lowest BCUT2D eigenvalue weighted by Crippen LogP contribution is -2.29. The number of carbonyl (C=O) groups is 1. The maximum atomic E-state index is 12.3. The second kappa shape index (κ2) is 11.3. The van der Waals surface area contributed by atoms with Crippen molar-refractivity contribution in [1.29, 1.82) is 0 Å². The number of ether oxygens (including phenoxy) is 1. The molecule has 1 heterocycles. The second-order valence-corrected chi connectivity index (χ2v) is 8.54. The number of amides is 1. The van der Waals surface area contributed by atoms with Gasteiger partial charge in [0.2, 0.25) is 0 Å². The molecule has 0 spiro atoms. The number of nitrogens with zero attached hydrogens (tertiary/aromatic N) is 4. The van der Waals surface area contributed by atoms with Crippen LogP contribution in [0.15, 0.2) is 84.0 Å². The summed E-state index contributed by atoms with van der Waals surface area (Å²) in [6.45, 7) is 2.03.